The fraction of sp³-hybridized carbons (Fsp3) is 0.860. The Kier molecular flexibility index (Phi) is 75.0. The molecule has 0 radical (unpaired) electrons. The Morgan fingerprint density at radius 1 is 0.323 bits per heavy atom. The number of carbonyl (C=O) groups is 2. The molecular formula is C86H163NO8P+. The fourth-order valence-corrected chi connectivity index (χ4v) is 13.3. The van der Waals surface area contributed by atoms with Crippen LogP contribution in [0.4, 0.5) is 0 Å². The van der Waals surface area contributed by atoms with Crippen molar-refractivity contribution in [3.05, 3.63) is 60.8 Å². The van der Waals surface area contributed by atoms with Gasteiger partial charge in [0.15, 0.2) is 6.10 Å². The minimum Gasteiger partial charge on any atom is -0.462 e. The first-order valence-electron chi connectivity index (χ1n) is 42.0. The number of unbranched alkanes of at least 4 members (excludes halogenated alkanes) is 55. The first-order chi connectivity index (χ1) is 47.0. The quantitative estimate of drug-likeness (QED) is 0.0211. The van der Waals surface area contributed by atoms with Gasteiger partial charge in [-0.25, -0.2) is 4.57 Å². The van der Waals surface area contributed by atoms with Gasteiger partial charge in [0, 0.05) is 12.8 Å². The molecular weight excluding hydrogens is 1210 g/mol. The summed E-state index contributed by atoms with van der Waals surface area (Å²) in [5, 5.41) is 0. The fourth-order valence-electron chi connectivity index (χ4n) is 12.6. The lowest BCUT2D eigenvalue weighted by molar-refractivity contribution is -0.870. The van der Waals surface area contributed by atoms with Crippen molar-refractivity contribution >= 4 is 19.8 Å². The van der Waals surface area contributed by atoms with E-state index in [1.165, 1.54) is 340 Å². The average Bonchev–Trinajstić information content (AvgIpc) is 1.98. The van der Waals surface area contributed by atoms with E-state index in [9.17, 15) is 19.0 Å². The van der Waals surface area contributed by atoms with Gasteiger partial charge in [-0.15, -0.1) is 0 Å². The van der Waals surface area contributed by atoms with Gasteiger partial charge < -0.3 is 18.9 Å². The molecule has 0 amide bonds. The van der Waals surface area contributed by atoms with Gasteiger partial charge in [0.1, 0.15) is 19.8 Å². The highest BCUT2D eigenvalue weighted by atomic mass is 31.2. The molecule has 2 unspecified atom stereocenters. The number of ether oxygens (including phenoxy) is 2. The van der Waals surface area contributed by atoms with Crippen molar-refractivity contribution in [3.63, 3.8) is 0 Å². The summed E-state index contributed by atoms with van der Waals surface area (Å²) < 4.78 is 34.9. The van der Waals surface area contributed by atoms with Crippen molar-refractivity contribution < 1.29 is 42.1 Å². The summed E-state index contributed by atoms with van der Waals surface area (Å²) in [5.41, 5.74) is 0. The Hall–Kier alpha value is -2.29. The maximum atomic E-state index is 12.9. The van der Waals surface area contributed by atoms with E-state index >= 15 is 0 Å². The van der Waals surface area contributed by atoms with E-state index in [0.717, 1.165) is 51.4 Å². The number of likely N-dealkylation sites (N-methyl/N-ethyl adjacent to an activating group) is 1. The van der Waals surface area contributed by atoms with Crippen LogP contribution in [0.5, 0.6) is 0 Å². The number of phosphoric ester groups is 1. The molecule has 96 heavy (non-hydrogen) atoms. The van der Waals surface area contributed by atoms with Crippen LogP contribution in [0.3, 0.4) is 0 Å². The summed E-state index contributed by atoms with van der Waals surface area (Å²) in [6, 6.07) is 0. The molecule has 0 aliphatic heterocycles. The lowest BCUT2D eigenvalue weighted by Gasteiger charge is -2.24. The lowest BCUT2D eigenvalue weighted by Crippen LogP contribution is -2.37. The van der Waals surface area contributed by atoms with E-state index in [2.05, 4.69) is 74.6 Å². The van der Waals surface area contributed by atoms with E-state index < -0.39 is 26.5 Å². The zero-order chi connectivity index (χ0) is 69.7. The summed E-state index contributed by atoms with van der Waals surface area (Å²) in [6.07, 6.45) is 104. The molecule has 0 aromatic rings. The second-order valence-electron chi connectivity index (χ2n) is 29.9. The van der Waals surface area contributed by atoms with Crippen LogP contribution >= 0.6 is 7.82 Å². The van der Waals surface area contributed by atoms with Gasteiger partial charge >= 0.3 is 19.8 Å². The molecule has 0 saturated carbocycles. The van der Waals surface area contributed by atoms with Crippen molar-refractivity contribution in [2.75, 3.05) is 47.5 Å². The Morgan fingerprint density at radius 2 is 0.562 bits per heavy atom. The minimum absolute atomic E-state index is 0.0343. The van der Waals surface area contributed by atoms with E-state index in [1.807, 2.05) is 21.1 Å². The van der Waals surface area contributed by atoms with Crippen molar-refractivity contribution in [1.82, 2.24) is 0 Å². The number of carbonyl (C=O) groups excluding carboxylic acids is 2. The second kappa shape index (κ2) is 76.9. The molecule has 0 saturated heterocycles. The van der Waals surface area contributed by atoms with Gasteiger partial charge in [0.25, 0.3) is 0 Å². The first kappa shape index (κ1) is 93.7. The summed E-state index contributed by atoms with van der Waals surface area (Å²) in [7, 11) is 1.50. The molecule has 0 bridgehead atoms. The number of nitrogens with zero attached hydrogens (tertiary/aromatic N) is 1. The Morgan fingerprint density at radius 3 is 0.833 bits per heavy atom. The van der Waals surface area contributed by atoms with Crippen molar-refractivity contribution in [2.45, 2.75) is 431 Å². The predicted molar refractivity (Wildman–Crippen MR) is 418 cm³/mol. The Balaban J connectivity index is 3.89. The SMILES string of the molecule is CCCCCCC/C=C\C/C=C\C/C=C\CCCCCCCCCCCCCCCCCCCCCCCCCCC(=O)OC(COC(=O)CCCCCCCCCCCCCCCCCCCCCCC/C=C\C/C=C\CCCCCCC)COP(=O)(O)OCC[N+](C)(C)C. The molecule has 9 nitrogen and oxygen atoms in total. The number of hydrogen-bond acceptors (Lipinski definition) is 7. The highest BCUT2D eigenvalue weighted by molar-refractivity contribution is 7.47. The predicted octanol–water partition coefficient (Wildman–Crippen LogP) is 28.1. The normalized spacial score (nSPS) is 13.3. The van der Waals surface area contributed by atoms with Gasteiger partial charge in [-0.2, -0.15) is 0 Å². The zero-order valence-electron chi connectivity index (χ0n) is 64.6. The lowest BCUT2D eigenvalue weighted by atomic mass is 10.0. The van der Waals surface area contributed by atoms with Crippen LogP contribution in [-0.2, 0) is 32.7 Å². The van der Waals surface area contributed by atoms with Crippen LogP contribution < -0.4 is 0 Å². The van der Waals surface area contributed by atoms with Crippen molar-refractivity contribution in [2.24, 2.45) is 0 Å². The number of esters is 2. The standard InChI is InChI=1S/C86H162NO8P/c1-6-8-10-12-14-16-18-20-22-24-26-28-30-32-34-36-38-40-41-42-43-44-45-47-49-51-53-55-57-59-61-63-65-67-69-71-73-75-77-79-86(89)95-84(83-94-96(90,91)93-81-80-87(3,4)5)82-92-85(88)78-76-74-72-70-68-66-64-62-60-58-56-54-52-50-48-46-39-37-35-33-31-29-27-25-23-21-19-17-15-13-11-9-7-2/h18-21,24-27,30,32,84H,6-17,22-23,28-29,31,33-83H2,1-5H3/p+1/b20-18-,21-19-,26-24-,27-25-,32-30-. The molecule has 10 heteroatoms. The third-order valence-corrected chi connectivity index (χ3v) is 20.0. The monoisotopic (exact) mass is 1370 g/mol. The number of allylic oxidation sites excluding steroid dienone is 10. The number of quaternary nitrogens is 1. The second-order valence-corrected chi connectivity index (χ2v) is 31.3. The van der Waals surface area contributed by atoms with E-state index in [4.69, 9.17) is 18.5 Å². The minimum atomic E-state index is -4.39. The van der Waals surface area contributed by atoms with Gasteiger partial charge in [-0.1, -0.05) is 389 Å². The van der Waals surface area contributed by atoms with E-state index in [1.54, 1.807) is 0 Å². The van der Waals surface area contributed by atoms with Crippen LogP contribution in [0.2, 0.25) is 0 Å². The third kappa shape index (κ3) is 80.7. The summed E-state index contributed by atoms with van der Waals surface area (Å²) in [4.78, 5) is 36.0. The van der Waals surface area contributed by atoms with Crippen LogP contribution in [0.25, 0.3) is 0 Å². The molecule has 0 spiro atoms. The van der Waals surface area contributed by atoms with Crippen molar-refractivity contribution in [3.8, 4) is 0 Å². The van der Waals surface area contributed by atoms with E-state index in [0.29, 0.717) is 23.9 Å². The molecule has 0 rings (SSSR count). The molecule has 0 aliphatic rings. The van der Waals surface area contributed by atoms with E-state index in [-0.39, 0.29) is 25.6 Å². The molecule has 0 aromatic heterocycles. The van der Waals surface area contributed by atoms with Crippen LogP contribution in [0.1, 0.15) is 425 Å². The molecule has 0 aliphatic carbocycles. The van der Waals surface area contributed by atoms with Crippen molar-refractivity contribution in [1.29, 1.82) is 0 Å². The van der Waals surface area contributed by atoms with Gasteiger partial charge in [-0.3, -0.25) is 18.6 Å². The maximum Gasteiger partial charge on any atom is 0.472 e. The number of phosphoric acid groups is 1. The maximum absolute atomic E-state index is 12.9. The molecule has 0 fully saturated rings. The van der Waals surface area contributed by atoms with Gasteiger partial charge in [0.05, 0.1) is 27.7 Å². The largest absolute Gasteiger partial charge is 0.472 e. The van der Waals surface area contributed by atoms with Crippen LogP contribution in [-0.4, -0.2) is 74.9 Å². The van der Waals surface area contributed by atoms with Crippen LogP contribution in [0, 0.1) is 0 Å². The average molecular weight is 1370 g/mol. The highest BCUT2D eigenvalue weighted by Gasteiger charge is 2.27. The van der Waals surface area contributed by atoms with Gasteiger partial charge in [0.2, 0.25) is 0 Å². The number of rotatable bonds is 79. The summed E-state index contributed by atoms with van der Waals surface area (Å²) >= 11 is 0. The highest BCUT2D eigenvalue weighted by Crippen LogP contribution is 2.43. The summed E-state index contributed by atoms with van der Waals surface area (Å²) in [5.74, 6) is -0.773. The smallest absolute Gasteiger partial charge is 0.462 e. The first-order valence-corrected chi connectivity index (χ1v) is 43.5. The molecule has 1 N–H and O–H groups in total. The zero-order valence-corrected chi connectivity index (χ0v) is 65.5. The Labute approximate surface area is 597 Å². The van der Waals surface area contributed by atoms with Gasteiger partial charge in [-0.05, 0) is 83.5 Å². The summed E-state index contributed by atoms with van der Waals surface area (Å²) in [6.45, 7) is 4.49. The molecule has 0 aromatic carbocycles. The number of hydrogen-bond donors (Lipinski definition) is 1. The molecule has 2 atom stereocenters. The molecule has 564 valence electrons. The third-order valence-electron chi connectivity index (χ3n) is 19.0. The van der Waals surface area contributed by atoms with Crippen LogP contribution in [0.15, 0.2) is 60.8 Å². The topological polar surface area (TPSA) is 108 Å². The molecule has 0 heterocycles. The Bertz CT molecular complexity index is 1800.